The maximum absolute atomic E-state index is 11.3. The highest BCUT2D eigenvalue weighted by atomic mass is 16.1. The Kier molecular flexibility index (Phi) is 1.58. The fourth-order valence-corrected chi connectivity index (χ4v) is 3.99. The van der Waals surface area contributed by atoms with Gasteiger partial charge in [0.2, 0.25) is 0 Å². The van der Waals surface area contributed by atoms with Crippen molar-refractivity contribution >= 4 is 6.29 Å². The summed E-state index contributed by atoms with van der Waals surface area (Å²) in [6.07, 6.45) is 7.51. The molecule has 0 bridgehead atoms. The third-order valence-corrected chi connectivity index (χ3v) is 4.52. The largest absolute Gasteiger partial charge is 0.303 e. The Morgan fingerprint density at radius 2 is 2.15 bits per heavy atom. The average Bonchev–Trinajstić information content (AvgIpc) is 2.74. The lowest BCUT2D eigenvalue weighted by Gasteiger charge is -2.41. The molecule has 0 aromatic heterocycles. The molecule has 2 heteroatoms. The van der Waals surface area contributed by atoms with Crippen LogP contribution in [-0.2, 0) is 4.79 Å². The van der Waals surface area contributed by atoms with E-state index in [4.69, 9.17) is 0 Å². The second kappa shape index (κ2) is 2.57. The second-order valence-electron chi connectivity index (χ2n) is 5.02. The highest BCUT2D eigenvalue weighted by Crippen LogP contribution is 2.53. The molecule has 72 valence electrons. The van der Waals surface area contributed by atoms with E-state index >= 15 is 0 Å². The van der Waals surface area contributed by atoms with Gasteiger partial charge in [0.1, 0.15) is 6.29 Å². The van der Waals surface area contributed by atoms with Crippen molar-refractivity contribution in [3.05, 3.63) is 0 Å². The maximum atomic E-state index is 11.3. The van der Waals surface area contributed by atoms with E-state index in [9.17, 15) is 4.79 Å². The van der Waals surface area contributed by atoms with Gasteiger partial charge >= 0.3 is 0 Å². The second-order valence-corrected chi connectivity index (χ2v) is 5.02. The van der Waals surface area contributed by atoms with Gasteiger partial charge < -0.3 is 4.79 Å². The molecule has 0 aromatic carbocycles. The predicted octanol–water partition coefficient (Wildman–Crippen LogP) is 1.45. The van der Waals surface area contributed by atoms with Gasteiger partial charge in [0.05, 0.1) is 0 Å². The Morgan fingerprint density at radius 3 is 3.00 bits per heavy atom. The normalized spacial score (nSPS) is 49.2. The summed E-state index contributed by atoms with van der Waals surface area (Å²) >= 11 is 0. The van der Waals surface area contributed by atoms with E-state index in [1.165, 1.54) is 45.1 Å². The molecule has 1 saturated carbocycles. The summed E-state index contributed by atoms with van der Waals surface area (Å²) in [5.41, 5.74) is 0.0828. The average molecular weight is 179 g/mol. The highest BCUT2D eigenvalue weighted by Gasteiger charge is 2.55. The van der Waals surface area contributed by atoms with Gasteiger partial charge in [-0.2, -0.15) is 0 Å². The van der Waals surface area contributed by atoms with Crippen molar-refractivity contribution in [1.82, 2.24) is 4.90 Å². The zero-order chi connectivity index (χ0) is 8.89. The number of hydrogen-bond acceptors (Lipinski definition) is 2. The van der Waals surface area contributed by atoms with E-state index in [0.717, 1.165) is 12.3 Å². The summed E-state index contributed by atoms with van der Waals surface area (Å²) in [5.74, 6) is 0.852. The van der Waals surface area contributed by atoms with Gasteiger partial charge in [-0.15, -0.1) is 0 Å². The molecule has 0 N–H and O–H groups in total. The number of rotatable bonds is 1. The highest BCUT2D eigenvalue weighted by molar-refractivity contribution is 5.62. The third kappa shape index (κ3) is 0.899. The monoisotopic (exact) mass is 179 g/mol. The van der Waals surface area contributed by atoms with Crippen molar-refractivity contribution in [3.63, 3.8) is 0 Å². The van der Waals surface area contributed by atoms with Crippen molar-refractivity contribution in [3.8, 4) is 0 Å². The minimum Gasteiger partial charge on any atom is -0.303 e. The van der Waals surface area contributed by atoms with Crippen LogP contribution in [0.3, 0.4) is 0 Å². The molecule has 0 amide bonds. The molecule has 0 spiro atoms. The number of hydrogen-bond donors (Lipinski definition) is 0. The molecular weight excluding hydrogens is 162 g/mol. The molecule has 0 aromatic rings. The number of piperidine rings is 1. The van der Waals surface area contributed by atoms with Gasteiger partial charge in [-0.05, 0) is 51.1 Å². The van der Waals surface area contributed by atoms with E-state index in [1.54, 1.807) is 0 Å². The molecule has 3 atom stereocenters. The van der Waals surface area contributed by atoms with E-state index in [1.807, 2.05) is 0 Å². The number of nitrogens with zero attached hydrogens (tertiary/aromatic N) is 1. The molecule has 3 unspecified atom stereocenters. The molecule has 3 rings (SSSR count). The zero-order valence-electron chi connectivity index (χ0n) is 8.04. The Balaban J connectivity index is 1.98. The van der Waals surface area contributed by atoms with Crippen LogP contribution in [0.1, 0.15) is 32.1 Å². The summed E-state index contributed by atoms with van der Waals surface area (Å²) in [7, 11) is 0. The molecule has 1 aliphatic carbocycles. The minimum absolute atomic E-state index is 0.0828. The summed E-state index contributed by atoms with van der Waals surface area (Å²) < 4.78 is 0. The van der Waals surface area contributed by atoms with Crippen molar-refractivity contribution in [2.75, 3.05) is 13.1 Å². The number of carbonyl (C=O) groups excluding carboxylic acids is 1. The summed E-state index contributed by atoms with van der Waals surface area (Å²) in [5, 5.41) is 0. The summed E-state index contributed by atoms with van der Waals surface area (Å²) in [6, 6.07) is 0.638. The van der Waals surface area contributed by atoms with Crippen molar-refractivity contribution < 1.29 is 4.79 Å². The van der Waals surface area contributed by atoms with Crippen LogP contribution in [0, 0.1) is 11.3 Å². The Hall–Kier alpha value is -0.370. The molecule has 0 radical (unpaired) electrons. The molecule has 13 heavy (non-hydrogen) atoms. The van der Waals surface area contributed by atoms with E-state index in [0.29, 0.717) is 6.04 Å². The lowest BCUT2D eigenvalue weighted by Crippen LogP contribution is -2.48. The van der Waals surface area contributed by atoms with E-state index in [-0.39, 0.29) is 5.41 Å². The molecule has 3 fully saturated rings. The first-order valence-electron chi connectivity index (χ1n) is 5.56. The standard InChI is InChI=1S/C11H17NO/c13-8-11-4-1-6-12-7-3-9(2-5-11)10(11)12/h8-10H,1-7H2. The first kappa shape index (κ1) is 7.98. The quantitative estimate of drug-likeness (QED) is 0.568. The summed E-state index contributed by atoms with van der Waals surface area (Å²) in [6.45, 7) is 2.50. The van der Waals surface area contributed by atoms with Gasteiger partial charge in [-0.25, -0.2) is 0 Å². The topological polar surface area (TPSA) is 20.3 Å². The number of aldehydes is 1. The van der Waals surface area contributed by atoms with Gasteiger partial charge in [0.25, 0.3) is 0 Å². The fourth-order valence-electron chi connectivity index (χ4n) is 3.99. The Morgan fingerprint density at radius 1 is 1.23 bits per heavy atom. The van der Waals surface area contributed by atoms with Crippen LogP contribution in [0.5, 0.6) is 0 Å². The first-order valence-corrected chi connectivity index (χ1v) is 5.56. The zero-order valence-corrected chi connectivity index (χ0v) is 8.04. The fraction of sp³-hybridized carbons (Fsp3) is 0.909. The minimum atomic E-state index is 0.0828. The molecule has 3 aliphatic rings. The lowest BCUT2D eigenvalue weighted by atomic mass is 9.76. The van der Waals surface area contributed by atoms with Crippen LogP contribution in [0.25, 0.3) is 0 Å². The maximum Gasteiger partial charge on any atom is 0.127 e. The van der Waals surface area contributed by atoms with Crippen LogP contribution < -0.4 is 0 Å². The van der Waals surface area contributed by atoms with Crippen LogP contribution in [-0.4, -0.2) is 30.3 Å². The van der Waals surface area contributed by atoms with Crippen LogP contribution in [0.4, 0.5) is 0 Å². The van der Waals surface area contributed by atoms with E-state index < -0.39 is 0 Å². The molecular formula is C11H17NO. The van der Waals surface area contributed by atoms with Gasteiger partial charge in [-0.3, -0.25) is 4.90 Å². The van der Waals surface area contributed by atoms with Gasteiger partial charge in [0, 0.05) is 11.5 Å². The van der Waals surface area contributed by atoms with E-state index in [2.05, 4.69) is 4.90 Å². The van der Waals surface area contributed by atoms with Crippen molar-refractivity contribution in [2.24, 2.45) is 11.3 Å². The van der Waals surface area contributed by atoms with Gasteiger partial charge in [-0.1, -0.05) is 0 Å². The van der Waals surface area contributed by atoms with Crippen molar-refractivity contribution in [1.29, 1.82) is 0 Å². The predicted molar refractivity (Wildman–Crippen MR) is 50.4 cm³/mol. The van der Waals surface area contributed by atoms with Gasteiger partial charge in [0.15, 0.2) is 0 Å². The Bertz CT molecular complexity index is 234. The molecule has 2 nitrogen and oxygen atoms in total. The molecule has 2 heterocycles. The van der Waals surface area contributed by atoms with Crippen LogP contribution in [0.2, 0.25) is 0 Å². The lowest BCUT2D eigenvalue weighted by molar-refractivity contribution is -0.121. The third-order valence-electron chi connectivity index (χ3n) is 4.52. The number of carbonyl (C=O) groups is 1. The summed E-state index contributed by atoms with van der Waals surface area (Å²) in [4.78, 5) is 13.8. The molecule has 2 saturated heterocycles. The van der Waals surface area contributed by atoms with Crippen molar-refractivity contribution in [2.45, 2.75) is 38.1 Å². The molecule has 2 aliphatic heterocycles. The van der Waals surface area contributed by atoms with Crippen LogP contribution >= 0.6 is 0 Å². The SMILES string of the molecule is O=CC12CCCN3CCC(CC1)C32. The first-order chi connectivity index (χ1) is 6.36. The smallest absolute Gasteiger partial charge is 0.127 e. The Labute approximate surface area is 79.3 Å². The van der Waals surface area contributed by atoms with Crippen LogP contribution in [0.15, 0.2) is 0 Å².